The molecule has 1 atom stereocenters. The number of rotatable bonds is 4. The van der Waals surface area contributed by atoms with Crippen LogP contribution in [0.1, 0.15) is 29.9 Å². The Morgan fingerprint density at radius 1 is 1.47 bits per heavy atom. The molecule has 0 aliphatic carbocycles. The maximum absolute atomic E-state index is 5.93. The molecule has 0 fully saturated rings. The minimum Gasteiger partial charge on any atom is -0.485 e. The third-order valence-corrected chi connectivity index (χ3v) is 3.46. The lowest BCUT2D eigenvalue weighted by Gasteiger charge is -2.12. The SMILES string of the molecule is Cc1cc(C(C)N)ccc1OCc1ncc(Cl)n1C. The predicted molar refractivity (Wildman–Crippen MR) is 76.3 cm³/mol. The van der Waals surface area contributed by atoms with Crippen LogP contribution in [-0.2, 0) is 13.7 Å². The van der Waals surface area contributed by atoms with E-state index in [9.17, 15) is 0 Å². The molecule has 1 aromatic carbocycles. The van der Waals surface area contributed by atoms with Crippen molar-refractivity contribution in [2.24, 2.45) is 12.8 Å². The largest absolute Gasteiger partial charge is 0.485 e. The van der Waals surface area contributed by atoms with E-state index in [1.807, 2.05) is 39.1 Å². The summed E-state index contributed by atoms with van der Waals surface area (Å²) in [5.74, 6) is 1.63. The first-order valence-electron chi connectivity index (χ1n) is 6.14. The molecule has 0 aliphatic rings. The second-order valence-corrected chi connectivity index (χ2v) is 5.05. The van der Waals surface area contributed by atoms with Crippen LogP contribution in [0.5, 0.6) is 5.75 Å². The van der Waals surface area contributed by atoms with E-state index in [0.717, 1.165) is 22.7 Å². The van der Waals surface area contributed by atoms with Crippen molar-refractivity contribution in [3.05, 3.63) is 46.5 Å². The average Bonchev–Trinajstić information content (AvgIpc) is 2.68. The summed E-state index contributed by atoms with van der Waals surface area (Å²) in [5, 5.41) is 0.600. The summed E-state index contributed by atoms with van der Waals surface area (Å²) in [4.78, 5) is 4.19. The van der Waals surface area contributed by atoms with Gasteiger partial charge in [-0.05, 0) is 31.0 Å². The van der Waals surface area contributed by atoms with Crippen molar-refractivity contribution < 1.29 is 4.74 Å². The van der Waals surface area contributed by atoms with Gasteiger partial charge in [0.15, 0.2) is 0 Å². The minimum absolute atomic E-state index is 0.0288. The second kappa shape index (κ2) is 5.63. The zero-order valence-electron chi connectivity index (χ0n) is 11.4. The minimum atomic E-state index is 0.0288. The van der Waals surface area contributed by atoms with Gasteiger partial charge in [0.05, 0.1) is 6.20 Å². The van der Waals surface area contributed by atoms with E-state index >= 15 is 0 Å². The van der Waals surface area contributed by atoms with Crippen molar-refractivity contribution in [2.45, 2.75) is 26.5 Å². The molecule has 1 heterocycles. The highest BCUT2D eigenvalue weighted by molar-refractivity contribution is 6.29. The number of nitrogens with two attached hydrogens (primary N) is 1. The van der Waals surface area contributed by atoms with E-state index in [2.05, 4.69) is 4.98 Å². The van der Waals surface area contributed by atoms with Gasteiger partial charge in [-0.15, -0.1) is 0 Å². The number of benzene rings is 1. The van der Waals surface area contributed by atoms with E-state index in [1.165, 1.54) is 0 Å². The van der Waals surface area contributed by atoms with Crippen molar-refractivity contribution in [3.8, 4) is 5.75 Å². The van der Waals surface area contributed by atoms with Gasteiger partial charge in [0, 0.05) is 13.1 Å². The molecule has 1 aromatic heterocycles. The molecule has 19 heavy (non-hydrogen) atoms. The smallest absolute Gasteiger partial charge is 0.147 e. The fourth-order valence-electron chi connectivity index (χ4n) is 1.82. The highest BCUT2D eigenvalue weighted by Crippen LogP contribution is 2.23. The summed E-state index contributed by atoms with van der Waals surface area (Å²) in [6.07, 6.45) is 1.62. The van der Waals surface area contributed by atoms with Crippen molar-refractivity contribution in [1.29, 1.82) is 0 Å². The molecule has 0 saturated carbocycles. The Hall–Kier alpha value is -1.52. The average molecular weight is 280 g/mol. The Bertz CT molecular complexity index is 578. The number of imidazole rings is 1. The van der Waals surface area contributed by atoms with Crippen molar-refractivity contribution in [1.82, 2.24) is 9.55 Å². The van der Waals surface area contributed by atoms with E-state index in [0.29, 0.717) is 11.8 Å². The third-order valence-electron chi connectivity index (χ3n) is 3.11. The lowest BCUT2D eigenvalue weighted by atomic mass is 10.1. The number of ether oxygens (including phenoxy) is 1. The van der Waals surface area contributed by atoms with Gasteiger partial charge >= 0.3 is 0 Å². The monoisotopic (exact) mass is 279 g/mol. The van der Waals surface area contributed by atoms with Crippen molar-refractivity contribution in [3.63, 3.8) is 0 Å². The molecule has 1 unspecified atom stereocenters. The number of halogens is 1. The molecule has 0 spiro atoms. The topological polar surface area (TPSA) is 53.1 Å². The van der Waals surface area contributed by atoms with Crippen LogP contribution >= 0.6 is 11.6 Å². The first-order valence-corrected chi connectivity index (χ1v) is 6.52. The van der Waals surface area contributed by atoms with E-state index in [-0.39, 0.29) is 6.04 Å². The predicted octanol–water partition coefficient (Wildman–Crippen LogP) is 2.98. The van der Waals surface area contributed by atoms with Crippen LogP contribution in [0.4, 0.5) is 0 Å². The molecule has 0 saturated heterocycles. The zero-order valence-corrected chi connectivity index (χ0v) is 12.1. The fraction of sp³-hybridized carbons (Fsp3) is 0.357. The molecular formula is C14H18ClN3O. The molecule has 2 aromatic rings. The van der Waals surface area contributed by atoms with Gasteiger partial charge in [-0.1, -0.05) is 23.7 Å². The van der Waals surface area contributed by atoms with E-state index < -0.39 is 0 Å². The molecule has 4 nitrogen and oxygen atoms in total. The maximum Gasteiger partial charge on any atom is 0.147 e. The summed E-state index contributed by atoms with van der Waals surface area (Å²) < 4.78 is 7.57. The first-order chi connectivity index (χ1) is 8.99. The van der Waals surface area contributed by atoms with Crippen LogP contribution < -0.4 is 10.5 Å². The Morgan fingerprint density at radius 3 is 2.74 bits per heavy atom. The molecule has 0 bridgehead atoms. The molecule has 2 rings (SSSR count). The number of hydrogen-bond acceptors (Lipinski definition) is 3. The molecule has 0 amide bonds. The van der Waals surface area contributed by atoms with E-state index in [4.69, 9.17) is 22.1 Å². The van der Waals surface area contributed by atoms with Gasteiger partial charge < -0.3 is 15.0 Å². The summed E-state index contributed by atoms with van der Waals surface area (Å²) >= 11 is 5.93. The Morgan fingerprint density at radius 2 is 2.21 bits per heavy atom. The summed E-state index contributed by atoms with van der Waals surface area (Å²) in [5.41, 5.74) is 8.02. The fourth-order valence-corrected chi connectivity index (χ4v) is 1.96. The van der Waals surface area contributed by atoms with Crippen LogP contribution in [0.15, 0.2) is 24.4 Å². The third kappa shape index (κ3) is 3.08. The van der Waals surface area contributed by atoms with Crippen LogP contribution in [0.3, 0.4) is 0 Å². The molecular weight excluding hydrogens is 262 g/mol. The Kier molecular flexibility index (Phi) is 4.12. The van der Waals surface area contributed by atoms with Gasteiger partial charge in [0.1, 0.15) is 23.3 Å². The van der Waals surface area contributed by atoms with Gasteiger partial charge in [0.25, 0.3) is 0 Å². The highest BCUT2D eigenvalue weighted by atomic mass is 35.5. The first kappa shape index (κ1) is 13.9. The lowest BCUT2D eigenvalue weighted by molar-refractivity contribution is 0.290. The van der Waals surface area contributed by atoms with Gasteiger partial charge in [-0.3, -0.25) is 0 Å². The summed E-state index contributed by atoms with van der Waals surface area (Å²) in [7, 11) is 1.86. The highest BCUT2D eigenvalue weighted by Gasteiger charge is 2.08. The van der Waals surface area contributed by atoms with Crippen LogP contribution in [0, 0.1) is 6.92 Å². The number of aromatic nitrogens is 2. The lowest BCUT2D eigenvalue weighted by Crippen LogP contribution is -2.07. The van der Waals surface area contributed by atoms with Crippen LogP contribution in [0.25, 0.3) is 0 Å². The summed E-state index contributed by atoms with van der Waals surface area (Å²) in [6.45, 7) is 4.36. The zero-order chi connectivity index (χ0) is 14.0. The Balaban J connectivity index is 2.10. The van der Waals surface area contributed by atoms with Gasteiger partial charge in [0.2, 0.25) is 0 Å². The van der Waals surface area contributed by atoms with Gasteiger partial charge in [-0.25, -0.2) is 4.98 Å². The summed E-state index contributed by atoms with van der Waals surface area (Å²) in [6, 6.07) is 6.00. The molecule has 5 heteroatoms. The van der Waals surface area contributed by atoms with Gasteiger partial charge in [-0.2, -0.15) is 0 Å². The molecule has 0 radical (unpaired) electrons. The standard InChI is InChI=1S/C14H18ClN3O/c1-9-6-11(10(2)16)4-5-12(9)19-8-14-17-7-13(15)18(14)3/h4-7,10H,8,16H2,1-3H3. The normalized spacial score (nSPS) is 12.5. The van der Waals surface area contributed by atoms with Crippen molar-refractivity contribution >= 4 is 11.6 Å². The molecule has 2 N–H and O–H groups in total. The second-order valence-electron chi connectivity index (χ2n) is 4.66. The number of aryl methyl sites for hydroxylation is 1. The van der Waals surface area contributed by atoms with Crippen molar-refractivity contribution in [2.75, 3.05) is 0 Å². The van der Waals surface area contributed by atoms with Crippen LogP contribution in [0.2, 0.25) is 5.15 Å². The quantitative estimate of drug-likeness (QED) is 0.936. The van der Waals surface area contributed by atoms with Crippen LogP contribution in [-0.4, -0.2) is 9.55 Å². The number of hydrogen-bond donors (Lipinski definition) is 1. The Labute approximate surface area is 118 Å². The van der Waals surface area contributed by atoms with E-state index in [1.54, 1.807) is 10.8 Å². The number of nitrogens with zero attached hydrogens (tertiary/aromatic N) is 2. The molecule has 0 aliphatic heterocycles. The molecule has 102 valence electrons. The maximum atomic E-state index is 5.93.